The van der Waals surface area contributed by atoms with E-state index in [1.807, 2.05) is 18.7 Å². The lowest BCUT2D eigenvalue weighted by atomic mass is 10.5. The number of thioether (sulfide) groups is 1. The maximum atomic E-state index is 5.25. The van der Waals surface area contributed by atoms with Crippen LogP contribution in [0.5, 0.6) is 0 Å². The summed E-state index contributed by atoms with van der Waals surface area (Å²) < 4.78 is 5.25. The summed E-state index contributed by atoms with van der Waals surface area (Å²) in [5.41, 5.74) is 0. The molecule has 1 rings (SSSR count). The molecule has 0 aliphatic carbocycles. The van der Waals surface area contributed by atoms with Crippen molar-refractivity contribution in [3.63, 3.8) is 0 Å². The molecule has 0 saturated heterocycles. The van der Waals surface area contributed by atoms with Crippen molar-refractivity contribution in [2.24, 2.45) is 0 Å². The van der Waals surface area contributed by atoms with Crippen molar-refractivity contribution in [2.75, 3.05) is 12.4 Å². The van der Waals surface area contributed by atoms with Crippen LogP contribution in [0.25, 0.3) is 0 Å². The Balaban J connectivity index is 2.60. The van der Waals surface area contributed by atoms with Crippen LogP contribution in [0.4, 0.5) is 0 Å². The molecule has 0 aromatic rings. The van der Waals surface area contributed by atoms with E-state index in [-0.39, 0.29) is 0 Å². The van der Waals surface area contributed by atoms with Crippen LogP contribution in [0.15, 0.2) is 10.7 Å². The Morgan fingerprint density at radius 1 is 1.50 bits per heavy atom. The van der Waals surface area contributed by atoms with E-state index < -0.39 is 0 Å². The fourth-order valence-electron chi connectivity index (χ4n) is 0.593. The van der Waals surface area contributed by atoms with Gasteiger partial charge in [0.15, 0.2) is 0 Å². The minimum atomic E-state index is 0.883. The van der Waals surface area contributed by atoms with E-state index >= 15 is 0 Å². The minimum absolute atomic E-state index is 0.883. The fraction of sp³-hybridized carbons (Fsp3) is 0.667. The lowest BCUT2D eigenvalue weighted by Crippen LogP contribution is -2.02. The number of allylic oxidation sites excluding steroid dienone is 2. The highest BCUT2D eigenvalue weighted by Crippen LogP contribution is 2.23. The van der Waals surface area contributed by atoms with Gasteiger partial charge in [-0.3, -0.25) is 0 Å². The van der Waals surface area contributed by atoms with Gasteiger partial charge in [-0.15, -0.1) is 11.8 Å². The highest BCUT2D eigenvalue weighted by molar-refractivity contribution is 8.03. The third kappa shape index (κ3) is 1.19. The van der Waals surface area contributed by atoms with E-state index in [4.69, 9.17) is 4.74 Å². The molecular weight excluding hydrogens is 120 g/mol. The van der Waals surface area contributed by atoms with Crippen molar-refractivity contribution < 1.29 is 4.74 Å². The summed E-state index contributed by atoms with van der Waals surface area (Å²) >= 11 is 1.88. The third-order valence-electron chi connectivity index (χ3n) is 1.22. The van der Waals surface area contributed by atoms with Gasteiger partial charge in [0.1, 0.15) is 5.76 Å². The van der Waals surface area contributed by atoms with Crippen LogP contribution in [0.3, 0.4) is 0 Å². The van der Waals surface area contributed by atoms with Crippen LogP contribution in [0.1, 0.15) is 13.8 Å². The summed E-state index contributed by atoms with van der Waals surface area (Å²) in [6, 6.07) is 0. The summed E-state index contributed by atoms with van der Waals surface area (Å²) in [5.74, 6) is 2.21. The van der Waals surface area contributed by atoms with Gasteiger partial charge in [-0.2, -0.15) is 0 Å². The molecule has 0 unspecified atom stereocenters. The fourth-order valence-corrected chi connectivity index (χ4v) is 1.33. The number of rotatable bonds is 0. The van der Waals surface area contributed by atoms with E-state index in [9.17, 15) is 0 Å². The second kappa shape index (κ2) is 2.44. The first-order valence-electron chi connectivity index (χ1n) is 2.74. The molecule has 8 heavy (non-hydrogen) atoms. The Bertz CT molecular complexity index is 104. The Morgan fingerprint density at radius 2 is 2.25 bits per heavy atom. The first-order chi connectivity index (χ1) is 3.80. The topological polar surface area (TPSA) is 9.23 Å². The van der Waals surface area contributed by atoms with Crippen molar-refractivity contribution in [1.29, 1.82) is 0 Å². The molecule has 2 heteroatoms. The molecule has 1 heterocycles. The average molecular weight is 130 g/mol. The molecule has 0 amide bonds. The molecule has 46 valence electrons. The van der Waals surface area contributed by atoms with Crippen molar-refractivity contribution in [1.82, 2.24) is 0 Å². The highest BCUT2D eigenvalue weighted by Gasteiger charge is 2.04. The van der Waals surface area contributed by atoms with Crippen molar-refractivity contribution >= 4 is 11.8 Å². The summed E-state index contributed by atoms with van der Waals surface area (Å²) in [4.78, 5) is 1.33. The average Bonchev–Trinajstić information content (AvgIpc) is 1.77. The molecule has 0 spiro atoms. The molecule has 1 nitrogen and oxygen atoms in total. The lowest BCUT2D eigenvalue weighted by Gasteiger charge is -2.14. The Labute approximate surface area is 54.1 Å². The molecule has 0 bridgehead atoms. The molecule has 0 aromatic heterocycles. The summed E-state index contributed by atoms with van der Waals surface area (Å²) in [7, 11) is 0. The maximum absolute atomic E-state index is 5.25. The molecular formula is C6H10OS. The molecule has 1 aliphatic rings. The third-order valence-corrected chi connectivity index (χ3v) is 2.31. The molecule has 0 fully saturated rings. The zero-order chi connectivity index (χ0) is 5.98. The van der Waals surface area contributed by atoms with E-state index in [0.29, 0.717) is 0 Å². The Kier molecular flexibility index (Phi) is 1.84. The second-order valence-corrected chi connectivity index (χ2v) is 3.12. The zero-order valence-electron chi connectivity index (χ0n) is 5.23. The molecule has 0 radical (unpaired) electrons. The number of hydrogen-bond donors (Lipinski definition) is 0. The van der Waals surface area contributed by atoms with E-state index in [1.54, 1.807) is 0 Å². The molecule has 0 saturated carbocycles. The van der Waals surface area contributed by atoms with E-state index in [2.05, 4.69) is 6.92 Å². The lowest BCUT2D eigenvalue weighted by molar-refractivity contribution is 0.229. The molecule has 0 N–H and O–H groups in total. The minimum Gasteiger partial charge on any atom is -0.497 e. The van der Waals surface area contributed by atoms with Crippen molar-refractivity contribution in [2.45, 2.75) is 13.8 Å². The predicted molar refractivity (Wildman–Crippen MR) is 36.8 cm³/mol. The van der Waals surface area contributed by atoms with Gasteiger partial charge in [-0.25, -0.2) is 0 Å². The molecule has 0 atom stereocenters. The van der Waals surface area contributed by atoms with Crippen LogP contribution >= 0.6 is 11.8 Å². The SMILES string of the molecule is CC1=C(C)SCCO1. The van der Waals surface area contributed by atoms with Crippen LogP contribution in [-0.4, -0.2) is 12.4 Å². The summed E-state index contributed by atoms with van der Waals surface area (Å²) in [5, 5.41) is 0. The van der Waals surface area contributed by atoms with Gasteiger partial charge in [-0.05, 0) is 13.8 Å². The predicted octanol–water partition coefficient (Wildman–Crippen LogP) is 2.00. The quantitative estimate of drug-likeness (QED) is 0.496. The van der Waals surface area contributed by atoms with Crippen molar-refractivity contribution in [3.8, 4) is 0 Å². The van der Waals surface area contributed by atoms with Crippen molar-refractivity contribution in [3.05, 3.63) is 10.7 Å². The van der Waals surface area contributed by atoms with E-state index in [1.165, 1.54) is 4.91 Å². The normalized spacial score (nSPS) is 20.8. The molecule has 0 aromatic carbocycles. The zero-order valence-corrected chi connectivity index (χ0v) is 6.05. The van der Waals surface area contributed by atoms with E-state index in [0.717, 1.165) is 18.1 Å². The van der Waals surface area contributed by atoms with Gasteiger partial charge in [0.25, 0.3) is 0 Å². The van der Waals surface area contributed by atoms with Crippen LogP contribution in [0.2, 0.25) is 0 Å². The van der Waals surface area contributed by atoms with Gasteiger partial charge in [-0.1, -0.05) is 0 Å². The Morgan fingerprint density at radius 3 is 2.62 bits per heavy atom. The van der Waals surface area contributed by atoms with Crippen LogP contribution < -0.4 is 0 Å². The largest absolute Gasteiger partial charge is 0.497 e. The second-order valence-electron chi connectivity index (χ2n) is 1.81. The van der Waals surface area contributed by atoms with Crippen LogP contribution in [-0.2, 0) is 4.74 Å². The van der Waals surface area contributed by atoms with Gasteiger partial charge in [0.05, 0.1) is 6.61 Å². The highest BCUT2D eigenvalue weighted by atomic mass is 32.2. The first-order valence-corrected chi connectivity index (χ1v) is 3.72. The standard InChI is InChI=1S/C6H10OS/c1-5-6(2)8-4-3-7-5/h3-4H2,1-2H3. The van der Waals surface area contributed by atoms with Gasteiger partial charge in [0.2, 0.25) is 0 Å². The Hall–Kier alpha value is -0.110. The summed E-state index contributed by atoms with van der Waals surface area (Å²) in [6.07, 6.45) is 0. The van der Waals surface area contributed by atoms with Crippen LogP contribution in [0, 0.1) is 0 Å². The van der Waals surface area contributed by atoms with Gasteiger partial charge < -0.3 is 4.74 Å². The first kappa shape index (κ1) is 6.02. The smallest absolute Gasteiger partial charge is 0.102 e. The van der Waals surface area contributed by atoms with Gasteiger partial charge >= 0.3 is 0 Å². The summed E-state index contributed by atoms with van der Waals surface area (Å²) in [6.45, 7) is 4.99. The number of ether oxygens (including phenoxy) is 1. The van der Waals surface area contributed by atoms with Gasteiger partial charge in [0, 0.05) is 10.7 Å². The maximum Gasteiger partial charge on any atom is 0.102 e. The number of hydrogen-bond acceptors (Lipinski definition) is 2. The monoisotopic (exact) mass is 130 g/mol. The molecule has 1 aliphatic heterocycles.